The number of benzene rings is 1. The SMILES string of the molecule is COc1ccccc1-c1ccn2nc(Br)cc2n1. The van der Waals surface area contributed by atoms with Crippen LogP contribution in [0.2, 0.25) is 0 Å². The van der Waals surface area contributed by atoms with Gasteiger partial charge >= 0.3 is 0 Å². The molecule has 0 spiro atoms. The lowest BCUT2D eigenvalue weighted by molar-refractivity contribution is 0.416. The van der Waals surface area contributed by atoms with Gasteiger partial charge in [0, 0.05) is 17.8 Å². The van der Waals surface area contributed by atoms with Crippen molar-refractivity contribution in [2.75, 3.05) is 7.11 Å². The van der Waals surface area contributed by atoms with Gasteiger partial charge in [-0.2, -0.15) is 5.10 Å². The number of para-hydroxylation sites is 1. The molecule has 0 saturated heterocycles. The first-order valence-electron chi connectivity index (χ1n) is 5.43. The Morgan fingerprint density at radius 2 is 2.06 bits per heavy atom. The summed E-state index contributed by atoms with van der Waals surface area (Å²) in [5.74, 6) is 0.813. The number of fused-ring (bicyclic) bond motifs is 1. The van der Waals surface area contributed by atoms with Crippen molar-refractivity contribution in [1.29, 1.82) is 0 Å². The molecule has 0 fully saturated rings. The van der Waals surface area contributed by atoms with Crippen molar-refractivity contribution in [3.63, 3.8) is 0 Å². The van der Waals surface area contributed by atoms with Crippen LogP contribution in [0.15, 0.2) is 47.2 Å². The summed E-state index contributed by atoms with van der Waals surface area (Å²) < 4.78 is 7.84. The summed E-state index contributed by atoms with van der Waals surface area (Å²) in [6.07, 6.45) is 1.88. The van der Waals surface area contributed by atoms with Crippen LogP contribution in [0.25, 0.3) is 16.9 Å². The van der Waals surface area contributed by atoms with Gasteiger partial charge in [0.1, 0.15) is 10.4 Å². The van der Waals surface area contributed by atoms with Crippen molar-refractivity contribution in [1.82, 2.24) is 14.6 Å². The maximum atomic E-state index is 5.35. The van der Waals surface area contributed by atoms with Gasteiger partial charge in [0.2, 0.25) is 0 Å². The average Bonchev–Trinajstić information content (AvgIpc) is 2.77. The van der Waals surface area contributed by atoms with Gasteiger partial charge in [0.25, 0.3) is 0 Å². The van der Waals surface area contributed by atoms with E-state index in [1.807, 2.05) is 42.6 Å². The topological polar surface area (TPSA) is 39.4 Å². The Morgan fingerprint density at radius 3 is 2.89 bits per heavy atom. The molecule has 4 nitrogen and oxygen atoms in total. The molecule has 2 heterocycles. The van der Waals surface area contributed by atoms with Gasteiger partial charge < -0.3 is 4.74 Å². The lowest BCUT2D eigenvalue weighted by atomic mass is 10.1. The molecule has 90 valence electrons. The van der Waals surface area contributed by atoms with Crippen LogP contribution >= 0.6 is 15.9 Å². The fourth-order valence-electron chi connectivity index (χ4n) is 1.86. The number of nitrogens with zero attached hydrogens (tertiary/aromatic N) is 3. The van der Waals surface area contributed by atoms with Crippen LogP contribution in [0, 0.1) is 0 Å². The van der Waals surface area contributed by atoms with E-state index in [1.165, 1.54) is 0 Å². The summed E-state index contributed by atoms with van der Waals surface area (Å²) in [6.45, 7) is 0. The molecule has 0 saturated carbocycles. The molecule has 18 heavy (non-hydrogen) atoms. The van der Waals surface area contributed by atoms with Crippen LogP contribution in [0.1, 0.15) is 0 Å². The first-order valence-corrected chi connectivity index (χ1v) is 6.22. The molecule has 0 radical (unpaired) electrons. The van der Waals surface area contributed by atoms with E-state index in [2.05, 4.69) is 26.0 Å². The van der Waals surface area contributed by atoms with Crippen LogP contribution in [-0.2, 0) is 0 Å². The van der Waals surface area contributed by atoms with Crippen molar-refractivity contribution < 1.29 is 4.74 Å². The second kappa shape index (κ2) is 4.42. The highest BCUT2D eigenvalue weighted by Crippen LogP contribution is 2.28. The Balaban J connectivity index is 2.18. The molecule has 0 atom stereocenters. The fourth-order valence-corrected chi connectivity index (χ4v) is 2.23. The number of methoxy groups -OCH3 is 1. The molecule has 3 aromatic rings. The normalized spacial score (nSPS) is 10.8. The largest absolute Gasteiger partial charge is 0.496 e. The van der Waals surface area contributed by atoms with E-state index >= 15 is 0 Å². The minimum absolute atomic E-state index is 0.771. The van der Waals surface area contributed by atoms with Crippen molar-refractivity contribution in [3.05, 3.63) is 47.2 Å². The predicted molar refractivity (Wildman–Crippen MR) is 72.7 cm³/mol. The molecule has 0 aliphatic heterocycles. The number of ether oxygens (including phenoxy) is 1. The molecule has 0 N–H and O–H groups in total. The third-order valence-electron chi connectivity index (χ3n) is 2.68. The maximum absolute atomic E-state index is 5.35. The highest BCUT2D eigenvalue weighted by molar-refractivity contribution is 9.10. The summed E-state index contributed by atoms with van der Waals surface area (Å²) in [7, 11) is 1.66. The van der Waals surface area contributed by atoms with Gasteiger partial charge in [0.05, 0.1) is 12.8 Å². The van der Waals surface area contributed by atoms with Crippen molar-refractivity contribution in [3.8, 4) is 17.0 Å². The number of hydrogen-bond donors (Lipinski definition) is 0. The van der Waals surface area contributed by atoms with Crippen molar-refractivity contribution in [2.45, 2.75) is 0 Å². The third-order valence-corrected chi connectivity index (χ3v) is 3.07. The zero-order valence-electron chi connectivity index (χ0n) is 9.67. The molecular weight excluding hydrogens is 294 g/mol. The maximum Gasteiger partial charge on any atom is 0.156 e. The van der Waals surface area contributed by atoms with Gasteiger partial charge in [-0.05, 0) is 34.1 Å². The summed E-state index contributed by atoms with van der Waals surface area (Å²) in [6, 6.07) is 11.6. The second-order valence-corrected chi connectivity index (χ2v) is 4.60. The molecule has 0 unspecified atom stereocenters. The van der Waals surface area contributed by atoms with E-state index in [1.54, 1.807) is 11.6 Å². The van der Waals surface area contributed by atoms with Crippen LogP contribution in [0.3, 0.4) is 0 Å². The monoisotopic (exact) mass is 303 g/mol. The van der Waals surface area contributed by atoms with E-state index < -0.39 is 0 Å². The third kappa shape index (κ3) is 1.86. The quantitative estimate of drug-likeness (QED) is 0.730. The smallest absolute Gasteiger partial charge is 0.156 e. The van der Waals surface area contributed by atoms with E-state index in [0.717, 1.165) is 27.3 Å². The lowest BCUT2D eigenvalue weighted by Crippen LogP contribution is -1.93. The molecule has 0 aliphatic rings. The molecule has 2 aromatic heterocycles. The standard InChI is InChI=1S/C13H10BrN3O/c1-18-11-5-3-2-4-9(11)10-6-7-17-13(15-10)8-12(14)16-17/h2-8H,1H3. The van der Waals surface area contributed by atoms with Gasteiger partial charge in [-0.1, -0.05) is 12.1 Å². The van der Waals surface area contributed by atoms with E-state index in [4.69, 9.17) is 4.74 Å². The summed E-state index contributed by atoms with van der Waals surface area (Å²) in [5, 5.41) is 4.23. The summed E-state index contributed by atoms with van der Waals surface area (Å²) in [4.78, 5) is 4.57. The second-order valence-electron chi connectivity index (χ2n) is 3.78. The van der Waals surface area contributed by atoms with E-state index in [0.29, 0.717) is 0 Å². The fraction of sp³-hybridized carbons (Fsp3) is 0.0769. The number of halogens is 1. The first kappa shape index (κ1) is 11.2. The minimum Gasteiger partial charge on any atom is -0.496 e. The van der Waals surface area contributed by atoms with Gasteiger partial charge in [-0.3, -0.25) is 0 Å². The van der Waals surface area contributed by atoms with Gasteiger partial charge in [-0.25, -0.2) is 9.50 Å². The number of rotatable bonds is 2. The Morgan fingerprint density at radius 1 is 1.22 bits per heavy atom. The van der Waals surface area contributed by atoms with Crippen LogP contribution < -0.4 is 4.74 Å². The van der Waals surface area contributed by atoms with E-state index in [9.17, 15) is 0 Å². The molecule has 3 rings (SSSR count). The molecule has 1 aromatic carbocycles. The van der Waals surface area contributed by atoms with Gasteiger partial charge in [0.15, 0.2) is 5.65 Å². The molecule has 0 aliphatic carbocycles. The van der Waals surface area contributed by atoms with Crippen LogP contribution in [0.5, 0.6) is 5.75 Å². The molecule has 5 heteroatoms. The molecule has 0 bridgehead atoms. The predicted octanol–water partition coefficient (Wildman–Crippen LogP) is 3.17. The molecular formula is C13H10BrN3O. The molecule has 0 amide bonds. The summed E-state index contributed by atoms with van der Waals surface area (Å²) >= 11 is 3.34. The number of hydrogen-bond acceptors (Lipinski definition) is 3. The summed E-state index contributed by atoms with van der Waals surface area (Å²) in [5.41, 5.74) is 2.64. The Hall–Kier alpha value is -1.88. The van der Waals surface area contributed by atoms with E-state index in [-0.39, 0.29) is 0 Å². The highest BCUT2D eigenvalue weighted by atomic mass is 79.9. The zero-order chi connectivity index (χ0) is 12.5. The average molecular weight is 304 g/mol. The Labute approximate surface area is 112 Å². The van der Waals surface area contributed by atoms with Crippen molar-refractivity contribution >= 4 is 21.6 Å². The highest BCUT2D eigenvalue weighted by Gasteiger charge is 2.08. The Bertz CT molecular complexity index is 708. The number of aromatic nitrogens is 3. The van der Waals surface area contributed by atoms with Gasteiger partial charge in [-0.15, -0.1) is 0 Å². The first-order chi connectivity index (χ1) is 8.78. The van der Waals surface area contributed by atoms with Crippen LogP contribution in [-0.4, -0.2) is 21.7 Å². The van der Waals surface area contributed by atoms with Crippen LogP contribution in [0.4, 0.5) is 0 Å². The lowest BCUT2D eigenvalue weighted by Gasteiger charge is -2.07. The Kier molecular flexibility index (Phi) is 2.76. The van der Waals surface area contributed by atoms with Crippen molar-refractivity contribution in [2.24, 2.45) is 0 Å². The minimum atomic E-state index is 0.771. The zero-order valence-corrected chi connectivity index (χ0v) is 11.3.